The van der Waals surface area contributed by atoms with Crippen LogP contribution in [0.3, 0.4) is 0 Å². The van der Waals surface area contributed by atoms with Gasteiger partial charge < -0.3 is 14.8 Å². The van der Waals surface area contributed by atoms with Crippen molar-refractivity contribution < 1.29 is 14.3 Å². The van der Waals surface area contributed by atoms with Crippen molar-refractivity contribution in [2.75, 3.05) is 30.5 Å². The predicted octanol–water partition coefficient (Wildman–Crippen LogP) is 3.75. The van der Waals surface area contributed by atoms with Crippen molar-refractivity contribution in [2.45, 2.75) is 6.92 Å². The lowest BCUT2D eigenvalue weighted by molar-refractivity contribution is -0.113. The molecule has 1 amide bonds. The first kappa shape index (κ1) is 17.2. The number of carbonyl (C=O) groups is 1. The molecule has 0 aliphatic heterocycles. The van der Waals surface area contributed by atoms with Gasteiger partial charge in [0.1, 0.15) is 11.5 Å². The molecule has 5 heteroatoms. The van der Waals surface area contributed by atoms with Crippen molar-refractivity contribution in [1.29, 1.82) is 0 Å². The third kappa shape index (κ3) is 6.24. The lowest BCUT2D eigenvalue weighted by Crippen LogP contribution is -2.15. The van der Waals surface area contributed by atoms with E-state index in [1.54, 1.807) is 24.9 Å². The fraction of sp³-hybridized carbons (Fsp3) is 0.278. The van der Waals surface area contributed by atoms with Gasteiger partial charge in [0.15, 0.2) is 0 Å². The molecule has 0 aliphatic carbocycles. The second-order valence-electron chi connectivity index (χ2n) is 5.00. The Morgan fingerprint density at radius 1 is 1.13 bits per heavy atom. The lowest BCUT2D eigenvalue weighted by Gasteiger charge is -2.08. The second kappa shape index (κ2) is 9.10. The molecule has 0 spiro atoms. The van der Waals surface area contributed by atoms with Crippen molar-refractivity contribution in [1.82, 2.24) is 0 Å². The summed E-state index contributed by atoms with van der Waals surface area (Å²) < 4.78 is 10.8. The van der Waals surface area contributed by atoms with Gasteiger partial charge in [0.05, 0.1) is 19.5 Å². The molecule has 0 aromatic heterocycles. The summed E-state index contributed by atoms with van der Waals surface area (Å²) in [6, 6.07) is 15.3. The Morgan fingerprint density at radius 3 is 2.70 bits per heavy atom. The average molecular weight is 331 g/mol. The van der Waals surface area contributed by atoms with E-state index >= 15 is 0 Å². The van der Waals surface area contributed by atoms with Crippen molar-refractivity contribution in [3.05, 3.63) is 54.1 Å². The highest BCUT2D eigenvalue weighted by molar-refractivity contribution is 7.99. The molecule has 4 nitrogen and oxygen atoms in total. The van der Waals surface area contributed by atoms with Crippen LogP contribution in [0, 0.1) is 6.92 Å². The van der Waals surface area contributed by atoms with Gasteiger partial charge in [-0.3, -0.25) is 4.79 Å². The van der Waals surface area contributed by atoms with E-state index in [9.17, 15) is 4.79 Å². The Morgan fingerprint density at radius 2 is 1.91 bits per heavy atom. The fourth-order valence-electron chi connectivity index (χ4n) is 1.99. The Hall–Kier alpha value is -2.14. The number of aryl methyl sites for hydroxylation is 1. The smallest absolute Gasteiger partial charge is 0.234 e. The zero-order valence-electron chi connectivity index (χ0n) is 13.4. The zero-order chi connectivity index (χ0) is 16.5. The monoisotopic (exact) mass is 331 g/mol. The number of methoxy groups -OCH3 is 1. The molecule has 0 radical (unpaired) electrons. The van der Waals surface area contributed by atoms with E-state index in [0.29, 0.717) is 12.4 Å². The molecule has 0 bridgehead atoms. The number of rotatable bonds is 8. The summed E-state index contributed by atoms with van der Waals surface area (Å²) in [5.41, 5.74) is 1.92. The Bertz CT molecular complexity index is 646. The van der Waals surface area contributed by atoms with E-state index in [0.717, 1.165) is 22.9 Å². The summed E-state index contributed by atoms with van der Waals surface area (Å²) in [7, 11) is 1.60. The Labute approximate surface area is 141 Å². The average Bonchev–Trinajstić information content (AvgIpc) is 2.55. The molecule has 2 aromatic rings. The third-order valence-corrected chi connectivity index (χ3v) is 3.99. The van der Waals surface area contributed by atoms with Crippen molar-refractivity contribution >= 4 is 23.4 Å². The van der Waals surface area contributed by atoms with Crippen molar-refractivity contribution in [3.8, 4) is 11.5 Å². The number of ether oxygens (including phenoxy) is 2. The lowest BCUT2D eigenvalue weighted by atomic mass is 10.2. The van der Waals surface area contributed by atoms with E-state index in [1.807, 2.05) is 49.4 Å². The van der Waals surface area contributed by atoms with Crippen LogP contribution in [0.15, 0.2) is 48.5 Å². The molecule has 1 N–H and O–H groups in total. The minimum absolute atomic E-state index is 0.0289. The van der Waals surface area contributed by atoms with Crippen LogP contribution in [-0.2, 0) is 4.79 Å². The van der Waals surface area contributed by atoms with Gasteiger partial charge in [0.25, 0.3) is 0 Å². The van der Waals surface area contributed by atoms with Crippen molar-refractivity contribution in [3.63, 3.8) is 0 Å². The largest absolute Gasteiger partial charge is 0.497 e. The Balaban J connectivity index is 1.64. The van der Waals surface area contributed by atoms with Gasteiger partial charge in [-0.1, -0.05) is 18.2 Å². The maximum absolute atomic E-state index is 11.9. The van der Waals surface area contributed by atoms with Gasteiger partial charge in [0, 0.05) is 17.5 Å². The number of thioether (sulfide) groups is 1. The van der Waals surface area contributed by atoms with E-state index in [1.165, 1.54) is 5.56 Å². The first-order valence-electron chi connectivity index (χ1n) is 7.38. The van der Waals surface area contributed by atoms with Crippen LogP contribution in [-0.4, -0.2) is 31.1 Å². The molecule has 0 unspecified atom stereocenters. The predicted molar refractivity (Wildman–Crippen MR) is 95.6 cm³/mol. The molecular weight excluding hydrogens is 310 g/mol. The van der Waals surface area contributed by atoms with Gasteiger partial charge in [-0.2, -0.15) is 0 Å². The molecule has 122 valence electrons. The van der Waals surface area contributed by atoms with Crippen LogP contribution in [0.2, 0.25) is 0 Å². The zero-order valence-corrected chi connectivity index (χ0v) is 14.2. The molecular formula is C18H21NO3S. The first-order chi connectivity index (χ1) is 11.2. The second-order valence-corrected chi connectivity index (χ2v) is 6.10. The highest BCUT2D eigenvalue weighted by Gasteiger charge is 2.04. The summed E-state index contributed by atoms with van der Waals surface area (Å²) in [5, 5.41) is 2.85. The van der Waals surface area contributed by atoms with Gasteiger partial charge in [-0.15, -0.1) is 11.8 Å². The topological polar surface area (TPSA) is 47.6 Å². The van der Waals surface area contributed by atoms with Crippen molar-refractivity contribution in [2.24, 2.45) is 0 Å². The van der Waals surface area contributed by atoms with E-state index in [2.05, 4.69) is 5.32 Å². The molecule has 2 rings (SSSR count). The Kier molecular flexibility index (Phi) is 6.81. The third-order valence-electron chi connectivity index (χ3n) is 3.07. The fourth-order valence-corrected chi connectivity index (χ4v) is 2.59. The molecule has 0 saturated heterocycles. The quantitative estimate of drug-likeness (QED) is 0.748. The number of nitrogens with one attached hydrogen (secondary N) is 1. The number of carbonyl (C=O) groups excluding carboxylic acids is 1. The molecule has 0 fully saturated rings. The van der Waals surface area contributed by atoms with E-state index in [4.69, 9.17) is 9.47 Å². The van der Waals surface area contributed by atoms with E-state index in [-0.39, 0.29) is 5.91 Å². The molecule has 0 aliphatic rings. The summed E-state index contributed by atoms with van der Waals surface area (Å²) >= 11 is 1.55. The minimum Gasteiger partial charge on any atom is -0.497 e. The molecule has 23 heavy (non-hydrogen) atoms. The van der Waals surface area contributed by atoms with Gasteiger partial charge in [-0.05, 0) is 36.8 Å². The maximum atomic E-state index is 11.9. The standard InChI is InChI=1S/C18H21NO3S/c1-14-5-3-8-17(11-14)22-9-10-23-13-18(20)19-15-6-4-7-16(12-15)21-2/h3-8,11-12H,9-10,13H2,1-2H3,(H,19,20). The SMILES string of the molecule is COc1cccc(NC(=O)CSCCOc2cccc(C)c2)c1. The number of hydrogen-bond acceptors (Lipinski definition) is 4. The van der Waals surface area contributed by atoms with Crippen LogP contribution in [0.5, 0.6) is 11.5 Å². The number of hydrogen-bond donors (Lipinski definition) is 1. The van der Waals surface area contributed by atoms with Crippen LogP contribution in [0.1, 0.15) is 5.56 Å². The minimum atomic E-state index is -0.0289. The van der Waals surface area contributed by atoms with Gasteiger partial charge in [-0.25, -0.2) is 0 Å². The van der Waals surface area contributed by atoms with Crippen LogP contribution >= 0.6 is 11.8 Å². The summed E-state index contributed by atoms with van der Waals surface area (Å²) in [5.74, 6) is 2.72. The molecule has 2 aromatic carbocycles. The van der Waals surface area contributed by atoms with Crippen LogP contribution in [0.4, 0.5) is 5.69 Å². The van der Waals surface area contributed by atoms with Gasteiger partial charge in [0.2, 0.25) is 5.91 Å². The first-order valence-corrected chi connectivity index (χ1v) is 8.54. The highest BCUT2D eigenvalue weighted by Crippen LogP contribution is 2.17. The summed E-state index contributed by atoms with van der Waals surface area (Å²) in [6.07, 6.45) is 0. The normalized spacial score (nSPS) is 10.2. The molecule has 0 atom stereocenters. The maximum Gasteiger partial charge on any atom is 0.234 e. The number of anilines is 1. The summed E-state index contributed by atoms with van der Waals surface area (Å²) in [4.78, 5) is 11.9. The molecule has 0 saturated carbocycles. The van der Waals surface area contributed by atoms with Crippen LogP contribution in [0.25, 0.3) is 0 Å². The van der Waals surface area contributed by atoms with Gasteiger partial charge >= 0.3 is 0 Å². The highest BCUT2D eigenvalue weighted by atomic mass is 32.2. The summed E-state index contributed by atoms with van der Waals surface area (Å²) in [6.45, 7) is 2.62. The van der Waals surface area contributed by atoms with Crippen LogP contribution < -0.4 is 14.8 Å². The number of amides is 1. The van der Waals surface area contributed by atoms with E-state index < -0.39 is 0 Å². The molecule has 0 heterocycles. The number of benzene rings is 2.